The Hall–Kier alpha value is -0.570. The van der Waals surface area contributed by atoms with Gasteiger partial charge in [0, 0.05) is 19.0 Å². The van der Waals surface area contributed by atoms with Crippen LogP contribution in [0.2, 0.25) is 0 Å². The lowest BCUT2D eigenvalue weighted by molar-refractivity contribution is 0.123. The third kappa shape index (κ3) is 5.22. The Labute approximate surface area is 90.2 Å². The largest absolute Gasteiger partial charge is 0.375 e. The Morgan fingerprint density at radius 1 is 1.14 bits per heavy atom. The van der Waals surface area contributed by atoms with Crippen LogP contribution < -0.4 is 5.32 Å². The minimum Gasteiger partial charge on any atom is -0.375 e. The highest BCUT2D eigenvalue weighted by molar-refractivity contribution is 6.18. The van der Waals surface area contributed by atoms with Crippen molar-refractivity contribution in [2.24, 2.45) is 0 Å². The van der Waals surface area contributed by atoms with Gasteiger partial charge < -0.3 is 10.1 Å². The third-order valence-electron chi connectivity index (χ3n) is 1.81. The van der Waals surface area contributed by atoms with Gasteiger partial charge in [0.25, 0.3) is 0 Å². The maximum absolute atomic E-state index is 5.51. The summed E-state index contributed by atoms with van der Waals surface area (Å²) in [6.07, 6.45) is 0. The van der Waals surface area contributed by atoms with Crippen molar-refractivity contribution in [3.8, 4) is 0 Å². The molecule has 3 heteroatoms. The second-order valence-corrected chi connectivity index (χ2v) is 3.36. The van der Waals surface area contributed by atoms with Crippen LogP contribution in [-0.4, -0.2) is 25.6 Å². The smallest absolute Gasteiger partial charge is 0.0717 e. The number of halogens is 1. The molecule has 0 aliphatic heterocycles. The molecule has 0 spiro atoms. The van der Waals surface area contributed by atoms with Gasteiger partial charge in [0.1, 0.15) is 0 Å². The zero-order valence-corrected chi connectivity index (χ0v) is 8.96. The number of hydrogen-bond donors (Lipinski definition) is 1. The lowest BCUT2D eigenvalue weighted by Gasteiger charge is -2.04. The van der Waals surface area contributed by atoms with Crippen LogP contribution in [0.3, 0.4) is 0 Å². The second kappa shape index (κ2) is 7.80. The van der Waals surface area contributed by atoms with E-state index in [1.807, 2.05) is 18.2 Å². The zero-order valence-electron chi connectivity index (χ0n) is 8.21. The van der Waals surface area contributed by atoms with Gasteiger partial charge >= 0.3 is 0 Å². The van der Waals surface area contributed by atoms with Crippen molar-refractivity contribution in [3.05, 3.63) is 35.9 Å². The summed E-state index contributed by atoms with van der Waals surface area (Å²) in [5, 5.41) is 3.16. The van der Waals surface area contributed by atoms with Crippen molar-refractivity contribution in [2.75, 3.05) is 25.6 Å². The molecule has 0 aliphatic rings. The highest BCUT2D eigenvalue weighted by Crippen LogP contribution is 1.99. The van der Waals surface area contributed by atoms with E-state index in [0.29, 0.717) is 12.5 Å². The van der Waals surface area contributed by atoms with Gasteiger partial charge in [0.15, 0.2) is 0 Å². The monoisotopic (exact) mass is 213 g/mol. The highest BCUT2D eigenvalue weighted by atomic mass is 35.5. The van der Waals surface area contributed by atoms with Gasteiger partial charge in [0.05, 0.1) is 13.2 Å². The summed E-state index contributed by atoms with van der Waals surface area (Å²) in [6, 6.07) is 10.2. The van der Waals surface area contributed by atoms with E-state index in [4.69, 9.17) is 16.3 Å². The maximum atomic E-state index is 5.51. The Morgan fingerprint density at radius 2 is 1.93 bits per heavy atom. The fourth-order valence-corrected chi connectivity index (χ4v) is 1.23. The summed E-state index contributed by atoms with van der Waals surface area (Å²) < 4.78 is 5.46. The molecule has 1 rings (SSSR count). The zero-order chi connectivity index (χ0) is 10.1. The number of alkyl halides is 1. The third-order valence-corrected chi connectivity index (χ3v) is 1.99. The van der Waals surface area contributed by atoms with Crippen LogP contribution in [0.1, 0.15) is 5.56 Å². The Balaban J connectivity index is 1.99. The molecule has 0 bridgehead atoms. The predicted molar refractivity (Wildman–Crippen MR) is 59.7 cm³/mol. The first-order valence-corrected chi connectivity index (χ1v) is 5.35. The summed E-state index contributed by atoms with van der Waals surface area (Å²) >= 11 is 5.51. The molecule has 0 heterocycles. The van der Waals surface area contributed by atoms with Gasteiger partial charge in [-0.05, 0) is 5.56 Å². The molecular formula is C11H16ClNO. The van der Waals surface area contributed by atoms with Gasteiger partial charge in [-0.15, -0.1) is 11.6 Å². The molecule has 1 aromatic carbocycles. The van der Waals surface area contributed by atoms with Crippen molar-refractivity contribution >= 4 is 11.6 Å². The van der Waals surface area contributed by atoms with Crippen molar-refractivity contribution in [3.63, 3.8) is 0 Å². The predicted octanol–water partition coefficient (Wildman–Crippen LogP) is 2.03. The maximum Gasteiger partial charge on any atom is 0.0717 e. The van der Waals surface area contributed by atoms with E-state index in [0.717, 1.165) is 19.7 Å². The van der Waals surface area contributed by atoms with Crippen molar-refractivity contribution in [1.29, 1.82) is 0 Å². The minimum absolute atomic E-state index is 0.651. The molecule has 0 saturated heterocycles. The molecule has 1 aromatic rings. The average molecular weight is 214 g/mol. The Bertz CT molecular complexity index is 228. The van der Waals surface area contributed by atoms with Gasteiger partial charge in [-0.2, -0.15) is 0 Å². The quantitative estimate of drug-likeness (QED) is 0.553. The first-order chi connectivity index (χ1) is 6.93. The van der Waals surface area contributed by atoms with Crippen molar-refractivity contribution < 1.29 is 4.74 Å². The van der Waals surface area contributed by atoms with Crippen molar-refractivity contribution in [2.45, 2.75) is 6.61 Å². The summed E-state index contributed by atoms with van der Waals surface area (Å²) in [6.45, 7) is 3.12. The standard InChI is InChI=1S/C11H16ClNO/c12-6-7-13-8-9-14-10-11-4-2-1-3-5-11/h1-5,13H,6-10H2. The summed E-state index contributed by atoms with van der Waals surface area (Å²) in [5.74, 6) is 0.651. The Kier molecular flexibility index (Phi) is 6.41. The minimum atomic E-state index is 0.651. The molecule has 2 nitrogen and oxygen atoms in total. The normalized spacial score (nSPS) is 10.4. The second-order valence-electron chi connectivity index (χ2n) is 2.98. The van der Waals surface area contributed by atoms with Crippen LogP contribution in [0, 0.1) is 0 Å². The molecule has 0 atom stereocenters. The number of nitrogens with one attached hydrogen (secondary N) is 1. The number of benzene rings is 1. The van der Waals surface area contributed by atoms with Crippen LogP contribution >= 0.6 is 11.6 Å². The van der Waals surface area contributed by atoms with Gasteiger partial charge in [-0.3, -0.25) is 0 Å². The molecule has 1 N–H and O–H groups in total. The van der Waals surface area contributed by atoms with E-state index in [1.54, 1.807) is 0 Å². The molecule has 0 amide bonds. The molecule has 0 saturated carbocycles. The lowest BCUT2D eigenvalue weighted by Crippen LogP contribution is -2.21. The first-order valence-electron chi connectivity index (χ1n) is 4.82. The number of ether oxygens (including phenoxy) is 1. The molecule has 0 radical (unpaired) electrons. The van der Waals surface area contributed by atoms with Crippen LogP contribution in [0.5, 0.6) is 0 Å². The fourth-order valence-electron chi connectivity index (χ4n) is 1.10. The first kappa shape index (κ1) is 11.5. The van der Waals surface area contributed by atoms with Crippen LogP contribution in [0.25, 0.3) is 0 Å². The van der Waals surface area contributed by atoms with E-state index in [2.05, 4.69) is 17.4 Å². The number of rotatable bonds is 7. The highest BCUT2D eigenvalue weighted by Gasteiger charge is 1.91. The average Bonchev–Trinajstić information content (AvgIpc) is 2.25. The van der Waals surface area contributed by atoms with Crippen LogP contribution in [0.15, 0.2) is 30.3 Å². The van der Waals surface area contributed by atoms with Gasteiger partial charge in [-0.25, -0.2) is 0 Å². The van der Waals surface area contributed by atoms with Crippen LogP contribution in [-0.2, 0) is 11.3 Å². The summed E-state index contributed by atoms with van der Waals surface area (Å²) in [7, 11) is 0. The van der Waals surface area contributed by atoms with Crippen molar-refractivity contribution in [1.82, 2.24) is 5.32 Å². The summed E-state index contributed by atoms with van der Waals surface area (Å²) in [5.41, 5.74) is 1.21. The SMILES string of the molecule is ClCCNCCOCc1ccccc1. The van der Waals surface area contributed by atoms with E-state index in [9.17, 15) is 0 Å². The Morgan fingerprint density at radius 3 is 2.64 bits per heavy atom. The molecule has 0 fully saturated rings. The van der Waals surface area contributed by atoms with E-state index in [1.165, 1.54) is 5.56 Å². The van der Waals surface area contributed by atoms with E-state index < -0.39 is 0 Å². The number of hydrogen-bond acceptors (Lipinski definition) is 2. The molecule has 0 unspecified atom stereocenters. The molecular weight excluding hydrogens is 198 g/mol. The molecule has 14 heavy (non-hydrogen) atoms. The topological polar surface area (TPSA) is 21.3 Å². The van der Waals surface area contributed by atoms with E-state index >= 15 is 0 Å². The molecule has 0 aliphatic carbocycles. The lowest BCUT2D eigenvalue weighted by atomic mass is 10.2. The van der Waals surface area contributed by atoms with E-state index in [-0.39, 0.29) is 0 Å². The molecule has 0 aromatic heterocycles. The molecule has 78 valence electrons. The fraction of sp³-hybridized carbons (Fsp3) is 0.455. The van der Waals surface area contributed by atoms with Gasteiger partial charge in [-0.1, -0.05) is 30.3 Å². The summed E-state index contributed by atoms with van der Waals surface area (Å²) in [4.78, 5) is 0. The van der Waals surface area contributed by atoms with Gasteiger partial charge in [0.2, 0.25) is 0 Å². The van der Waals surface area contributed by atoms with Crippen LogP contribution in [0.4, 0.5) is 0 Å².